The highest BCUT2D eigenvalue weighted by molar-refractivity contribution is 8.13. The van der Waals surface area contributed by atoms with Gasteiger partial charge in [-0.1, -0.05) is 0 Å². The van der Waals surface area contributed by atoms with Crippen LogP contribution in [0.4, 0.5) is 0 Å². The zero-order valence-electron chi connectivity index (χ0n) is 11.0. The Labute approximate surface area is 117 Å². The molecule has 0 fully saturated rings. The van der Waals surface area contributed by atoms with Crippen molar-refractivity contribution in [3.63, 3.8) is 0 Å². The zero-order valence-corrected chi connectivity index (χ0v) is 12.6. The van der Waals surface area contributed by atoms with Crippen molar-refractivity contribution in [1.82, 2.24) is 9.88 Å². The number of nitrogens with zero attached hydrogens (tertiary/aromatic N) is 1. The van der Waals surface area contributed by atoms with E-state index in [2.05, 4.69) is 4.98 Å². The third-order valence-corrected chi connectivity index (χ3v) is 3.73. The predicted molar refractivity (Wildman–Crippen MR) is 71.9 cm³/mol. The van der Waals surface area contributed by atoms with Crippen LogP contribution in [0.15, 0.2) is 17.2 Å². The molecule has 0 aliphatic heterocycles. The van der Waals surface area contributed by atoms with E-state index in [9.17, 15) is 13.2 Å². The molecule has 0 aliphatic rings. The Hall–Kier alpha value is -1.05. The molecule has 0 saturated heterocycles. The van der Waals surface area contributed by atoms with Crippen molar-refractivity contribution in [2.45, 2.75) is 24.8 Å². The van der Waals surface area contributed by atoms with Gasteiger partial charge in [-0.25, -0.2) is 8.42 Å². The maximum Gasteiger partial charge on any atom is 0.270 e. The zero-order chi connectivity index (χ0) is 14.6. The highest BCUT2D eigenvalue weighted by Crippen LogP contribution is 2.16. The number of nitrogens with one attached hydrogen (secondary N) is 1. The van der Waals surface area contributed by atoms with Crippen LogP contribution in [0.25, 0.3) is 0 Å². The maximum atomic E-state index is 12.0. The molecule has 1 aromatic heterocycles. The molecule has 1 heterocycles. The van der Waals surface area contributed by atoms with Crippen molar-refractivity contribution in [1.29, 1.82) is 0 Å². The van der Waals surface area contributed by atoms with E-state index in [1.165, 1.54) is 17.2 Å². The lowest BCUT2D eigenvalue weighted by Crippen LogP contribution is -2.31. The van der Waals surface area contributed by atoms with Crippen molar-refractivity contribution in [2.24, 2.45) is 0 Å². The molecule has 0 unspecified atom stereocenters. The lowest BCUT2D eigenvalue weighted by molar-refractivity contribution is 0.0529. The Balaban J connectivity index is 2.65. The third-order valence-electron chi connectivity index (χ3n) is 2.39. The van der Waals surface area contributed by atoms with Gasteiger partial charge in [0.15, 0.2) is 0 Å². The normalized spacial score (nSPS) is 11.8. The molecule has 0 bridgehead atoms. The van der Waals surface area contributed by atoms with Crippen molar-refractivity contribution >= 4 is 25.6 Å². The summed E-state index contributed by atoms with van der Waals surface area (Å²) in [5, 5.41) is 0. The number of rotatable bonds is 6. The highest BCUT2D eigenvalue weighted by Gasteiger charge is 2.18. The minimum absolute atomic E-state index is 0.0991. The number of amides is 1. The number of aromatic nitrogens is 1. The smallest absolute Gasteiger partial charge is 0.270 e. The average molecular weight is 309 g/mol. The topological polar surface area (TPSA) is 79.5 Å². The van der Waals surface area contributed by atoms with Gasteiger partial charge in [-0.3, -0.25) is 4.79 Å². The summed E-state index contributed by atoms with van der Waals surface area (Å²) in [7, 11) is 2.97. The van der Waals surface area contributed by atoms with Crippen LogP contribution in [0.3, 0.4) is 0 Å². The van der Waals surface area contributed by atoms with E-state index < -0.39 is 9.05 Å². The third kappa shape index (κ3) is 4.85. The Bertz CT molecular complexity index is 539. The Kier molecular flexibility index (Phi) is 5.39. The second kappa shape index (κ2) is 6.40. The molecule has 19 heavy (non-hydrogen) atoms. The second-order valence-corrected chi connectivity index (χ2v) is 6.90. The van der Waals surface area contributed by atoms with Gasteiger partial charge < -0.3 is 14.6 Å². The van der Waals surface area contributed by atoms with Crippen LogP contribution >= 0.6 is 10.7 Å². The summed E-state index contributed by atoms with van der Waals surface area (Å²) < 4.78 is 27.5. The summed E-state index contributed by atoms with van der Waals surface area (Å²) >= 11 is 0. The SMILES string of the molecule is CC(C)OCCN(C)C(=O)c1cc(S(=O)(=O)Cl)c[nH]1. The predicted octanol–water partition coefficient (Wildman–Crippen LogP) is 1.44. The van der Waals surface area contributed by atoms with E-state index in [0.29, 0.717) is 13.2 Å². The minimum Gasteiger partial charge on any atom is -0.377 e. The number of carbonyl (C=O) groups is 1. The first-order chi connectivity index (χ1) is 8.71. The molecule has 0 saturated carbocycles. The highest BCUT2D eigenvalue weighted by atomic mass is 35.7. The van der Waals surface area contributed by atoms with E-state index in [0.717, 1.165) is 0 Å². The fourth-order valence-electron chi connectivity index (χ4n) is 1.37. The van der Waals surface area contributed by atoms with Gasteiger partial charge >= 0.3 is 0 Å². The quantitative estimate of drug-likeness (QED) is 0.806. The molecule has 1 amide bonds. The van der Waals surface area contributed by atoms with Crippen LogP contribution in [-0.4, -0.2) is 50.5 Å². The van der Waals surface area contributed by atoms with Gasteiger partial charge in [-0.2, -0.15) is 0 Å². The van der Waals surface area contributed by atoms with E-state index in [1.54, 1.807) is 7.05 Å². The maximum absolute atomic E-state index is 12.0. The number of H-pyrrole nitrogens is 1. The number of aromatic amines is 1. The monoisotopic (exact) mass is 308 g/mol. The van der Waals surface area contributed by atoms with Gasteiger partial charge in [0, 0.05) is 30.5 Å². The summed E-state index contributed by atoms with van der Waals surface area (Å²) in [5.74, 6) is -0.320. The molecule has 0 aliphatic carbocycles. The van der Waals surface area contributed by atoms with Gasteiger partial charge in [0.1, 0.15) is 10.6 Å². The van der Waals surface area contributed by atoms with Crippen molar-refractivity contribution in [3.8, 4) is 0 Å². The summed E-state index contributed by atoms with van der Waals surface area (Å²) in [6.45, 7) is 4.65. The first kappa shape index (κ1) is 16.0. The Morgan fingerprint density at radius 3 is 2.63 bits per heavy atom. The molecule has 108 valence electrons. The van der Waals surface area contributed by atoms with Gasteiger partial charge in [-0.15, -0.1) is 0 Å². The summed E-state index contributed by atoms with van der Waals surface area (Å²) in [6.07, 6.45) is 1.29. The molecule has 8 heteroatoms. The van der Waals surface area contributed by atoms with Crippen LogP contribution < -0.4 is 0 Å². The Morgan fingerprint density at radius 1 is 1.53 bits per heavy atom. The molecule has 0 atom stereocenters. The fourth-order valence-corrected chi connectivity index (χ4v) is 2.10. The van der Waals surface area contributed by atoms with E-state index in [1.807, 2.05) is 13.8 Å². The number of likely N-dealkylation sites (N-methyl/N-ethyl adjacent to an activating group) is 1. The molecule has 0 aromatic carbocycles. The van der Waals surface area contributed by atoms with E-state index in [-0.39, 0.29) is 22.6 Å². The van der Waals surface area contributed by atoms with E-state index >= 15 is 0 Å². The first-order valence-corrected chi connectivity index (χ1v) is 8.03. The standard InChI is InChI=1S/C11H17ClN2O4S/c1-8(2)18-5-4-14(3)11(15)10-6-9(7-13-10)19(12,16)17/h6-8,13H,4-5H2,1-3H3. The lowest BCUT2D eigenvalue weighted by Gasteiger charge is -2.17. The molecule has 0 radical (unpaired) electrons. The van der Waals surface area contributed by atoms with Crippen LogP contribution in [0.5, 0.6) is 0 Å². The molecule has 1 N–H and O–H groups in total. The molecule has 6 nitrogen and oxygen atoms in total. The van der Waals surface area contributed by atoms with E-state index in [4.69, 9.17) is 15.4 Å². The van der Waals surface area contributed by atoms with Crippen molar-refractivity contribution in [2.75, 3.05) is 20.2 Å². The number of halogens is 1. The molecule has 1 rings (SSSR count). The summed E-state index contributed by atoms with van der Waals surface area (Å²) in [4.78, 5) is 15.9. The van der Waals surface area contributed by atoms with Crippen LogP contribution in [-0.2, 0) is 13.8 Å². The Morgan fingerprint density at radius 2 is 2.16 bits per heavy atom. The number of ether oxygens (including phenoxy) is 1. The summed E-state index contributed by atoms with van der Waals surface area (Å²) in [5.41, 5.74) is 0.172. The van der Waals surface area contributed by atoms with Gasteiger partial charge in [0.05, 0.1) is 12.7 Å². The van der Waals surface area contributed by atoms with Crippen LogP contribution in [0.1, 0.15) is 24.3 Å². The van der Waals surface area contributed by atoms with Crippen molar-refractivity contribution < 1.29 is 17.9 Å². The largest absolute Gasteiger partial charge is 0.377 e. The van der Waals surface area contributed by atoms with Gasteiger partial charge in [0.2, 0.25) is 0 Å². The number of hydrogen-bond acceptors (Lipinski definition) is 4. The molecular weight excluding hydrogens is 292 g/mol. The second-order valence-electron chi connectivity index (χ2n) is 4.33. The van der Waals surface area contributed by atoms with Crippen LogP contribution in [0.2, 0.25) is 0 Å². The first-order valence-electron chi connectivity index (χ1n) is 5.72. The van der Waals surface area contributed by atoms with Gasteiger partial charge in [-0.05, 0) is 19.9 Å². The minimum atomic E-state index is -3.82. The van der Waals surface area contributed by atoms with Crippen molar-refractivity contribution in [3.05, 3.63) is 18.0 Å². The summed E-state index contributed by atoms with van der Waals surface area (Å²) in [6, 6.07) is 1.21. The number of hydrogen-bond donors (Lipinski definition) is 1. The molecule has 1 aromatic rings. The molecule has 0 spiro atoms. The number of carbonyl (C=O) groups excluding carboxylic acids is 1. The fraction of sp³-hybridized carbons (Fsp3) is 0.545. The molecular formula is C11H17ClN2O4S. The average Bonchev–Trinajstić information content (AvgIpc) is 2.76. The van der Waals surface area contributed by atoms with Crippen LogP contribution in [0, 0.1) is 0 Å². The lowest BCUT2D eigenvalue weighted by atomic mass is 10.4. The van der Waals surface area contributed by atoms with Gasteiger partial charge in [0.25, 0.3) is 15.0 Å².